The first-order chi connectivity index (χ1) is 7.09. The van der Waals surface area contributed by atoms with Crippen molar-refractivity contribution in [2.24, 2.45) is 0 Å². The molecular formula is C13H14FN. The van der Waals surface area contributed by atoms with E-state index in [-0.39, 0.29) is 5.82 Å². The van der Waals surface area contributed by atoms with Crippen LogP contribution in [0.4, 0.5) is 4.39 Å². The summed E-state index contributed by atoms with van der Waals surface area (Å²) in [6.45, 7) is 6.17. The topological polar surface area (TPSA) is 12.9 Å². The van der Waals surface area contributed by atoms with Gasteiger partial charge in [-0.25, -0.2) is 9.37 Å². The molecule has 1 aromatic heterocycles. The van der Waals surface area contributed by atoms with E-state index < -0.39 is 0 Å². The summed E-state index contributed by atoms with van der Waals surface area (Å²) in [5, 5.41) is 0.879. The van der Waals surface area contributed by atoms with Gasteiger partial charge in [-0.15, -0.1) is 0 Å². The third-order valence-electron chi connectivity index (χ3n) is 2.65. The van der Waals surface area contributed by atoms with Crippen LogP contribution in [0, 0.1) is 12.7 Å². The molecule has 0 aliphatic heterocycles. The fourth-order valence-electron chi connectivity index (χ4n) is 1.86. The average molecular weight is 203 g/mol. The van der Waals surface area contributed by atoms with Crippen molar-refractivity contribution < 1.29 is 4.39 Å². The van der Waals surface area contributed by atoms with Crippen molar-refractivity contribution in [3.8, 4) is 0 Å². The maximum atomic E-state index is 13.4. The second-order valence-corrected chi connectivity index (χ2v) is 4.13. The van der Waals surface area contributed by atoms with Crippen molar-refractivity contribution in [1.29, 1.82) is 0 Å². The molecule has 0 bridgehead atoms. The predicted molar refractivity (Wildman–Crippen MR) is 60.5 cm³/mol. The molecule has 2 aromatic rings. The Kier molecular flexibility index (Phi) is 2.43. The number of hydrogen-bond donors (Lipinski definition) is 0. The lowest BCUT2D eigenvalue weighted by Gasteiger charge is -2.10. The van der Waals surface area contributed by atoms with E-state index in [2.05, 4.69) is 18.8 Å². The molecule has 0 aliphatic rings. The van der Waals surface area contributed by atoms with Crippen LogP contribution in [0.25, 0.3) is 10.9 Å². The summed E-state index contributed by atoms with van der Waals surface area (Å²) in [7, 11) is 0. The number of rotatable bonds is 1. The van der Waals surface area contributed by atoms with E-state index >= 15 is 0 Å². The van der Waals surface area contributed by atoms with Gasteiger partial charge in [0.2, 0.25) is 0 Å². The molecule has 2 heteroatoms. The maximum absolute atomic E-state index is 13.4. The summed E-state index contributed by atoms with van der Waals surface area (Å²) in [6, 6.07) is 7.10. The van der Waals surface area contributed by atoms with Crippen LogP contribution >= 0.6 is 0 Å². The van der Waals surface area contributed by atoms with Crippen LogP contribution in [0.1, 0.15) is 31.0 Å². The van der Waals surface area contributed by atoms with Crippen LogP contribution in [0.5, 0.6) is 0 Å². The summed E-state index contributed by atoms with van der Waals surface area (Å²) in [4.78, 5) is 4.32. The van der Waals surface area contributed by atoms with Crippen LogP contribution < -0.4 is 0 Å². The Bertz CT molecular complexity index is 503. The Balaban J connectivity index is 2.76. The highest BCUT2D eigenvalue weighted by atomic mass is 19.1. The first kappa shape index (κ1) is 10.1. The second-order valence-electron chi connectivity index (χ2n) is 4.13. The highest BCUT2D eigenvalue weighted by molar-refractivity contribution is 5.80. The number of aryl methyl sites for hydroxylation is 1. The number of aromatic nitrogens is 1. The smallest absolute Gasteiger partial charge is 0.149 e. The van der Waals surface area contributed by atoms with Gasteiger partial charge in [0.25, 0.3) is 0 Å². The molecule has 0 saturated heterocycles. The summed E-state index contributed by atoms with van der Waals surface area (Å²) < 4.78 is 13.4. The number of nitrogens with zero attached hydrogens (tertiary/aromatic N) is 1. The molecule has 0 amide bonds. The van der Waals surface area contributed by atoms with Gasteiger partial charge in [0.15, 0.2) is 0 Å². The van der Waals surface area contributed by atoms with Gasteiger partial charge in [0.1, 0.15) is 11.3 Å². The zero-order chi connectivity index (χ0) is 11.0. The minimum Gasteiger partial charge on any atom is -0.250 e. The van der Waals surface area contributed by atoms with Gasteiger partial charge in [-0.3, -0.25) is 0 Å². The lowest BCUT2D eigenvalue weighted by atomic mass is 10.00. The summed E-state index contributed by atoms with van der Waals surface area (Å²) in [5.41, 5.74) is 2.58. The first-order valence-electron chi connectivity index (χ1n) is 5.15. The van der Waals surface area contributed by atoms with E-state index in [4.69, 9.17) is 0 Å². The number of benzene rings is 1. The molecule has 0 fully saturated rings. The lowest BCUT2D eigenvalue weighted by molar-refractivity contribution is 0.636. The Hall–Kier alpha value is -1.44. The van der Waals surface area contributed by atoms with E-state index in [1.165, 1.54) is 11.6 Å². The van der Waals surface area contributed by atoms with Crippen molar-refractivity contribution >= 4 is 10.9 Å². The van der Waals surface area contributed by atoms with E-state index in [9.17, 15) is 4.39 Å². The van der Waals surface area contributed by atoms with E-state index in [0.717, 1.165) is 11.1 Å². The standard InChI is InChI=1S/C13H14FN/c1-8(2)11-7-10-5-4-6-12(14)13(10)15-9(11)3/h4-8H,1-3H3. The van der Waals surface area contributed by atoms with Crippen LogP contribution in [0.15, 0.2) is 24.3 Å². The molecule has 0 radical (unpaired) electrons. The highest BCUT2D eigenvalue weighted by Crippen LogP contribution is 2.23. The third-order valence-corrected chi connectivity index (χ3v) is 2.65. The normalized spacial score (nSPS) is 11.3. The van der Waals surface area contributed by atoms with Gasteiger partial charge in [0.05, 0.1) is 0 Å². The molecule has 0 spiro atoms. The lowest BCUT2D eigenvalue weighted by Crippen LogP contribution is -1.97. The van der Waals surface area contributed by atoms with Gasteiger partial charge in [-0.2, -0.15) is 0 Å². The molecule has 0 saturated carbocycles. The fourth-order valence-corrected chi connectivity index (χ4v) is 1.86. The van der Waals surface area contributed by atoms with E-state index in [0.29, 0.717) is 11.4 Å². The maximum Gasteiger partial charge on any atom is 0.149 e. The Morgan fingerprint density at radius 1 is 1.27 bits per heavy atom. The second kappa shape index (κ2) is 3.61. The molecule has 0 N–H and O–H groups in total. The van der Waals surface area contributed by atoms with E-state index in [1.807, 2.05) is 19.1 Å². The zero-order valence-corrected chi connectivity index (χ0v) is 9.21. The Labute approximate surface area is 89.0 Å². The summed E-state index contributed by atoms with van der Waals surface area (Å²) in [6.07, 6.45) is 0. The quantitative estimate of drug-likeness (QED) is 0.686. The highest BCUT2D eigenvalue weighted by Gasteiger charge is 2.08. The fraction of sp³-hybridized carbons (Fsp3) is 0.308. The minimum atomic E-state index is -0.245. The van der Waals surface area contributed by atoms with Crippen molar-refractivity contribution in [1.82, 2.24) is 4.98 Å². The molecule has 78 valence electrons. The molecular weight excluding hydrogens is 189 g/mol. The van der Waals surface area contributed by atoms with Gasteiger partial charge < -0.3 is 0 Å². The first-order valence-corrected chi connectivity index (χ1v) is 5.15. The third kappa shape index (κ3) is 1.72. The van der Waals surface area contributed by atoms with Crippen molar-refractivity contribution in [2.45, 2.75) is 26.7 Å². The number of hydrogen-bond acceptors (Lipinski definition) is 1. The minimum absolute atomic E-state index is 0.245. The van der Waals surface area contributed by atoms with Crippen molar-refractivity contribution in [3.63, 3.8) is 0 Å². The van der Waals surface area contributed by atoms with Crippen molar-refractivity contribution in [3.05, 3.63) is 41.3 Å². The average Bonchev–Trinajstić information content (AvgIpc) is 2.18. The Morgan fingerprint density at radius 2 is 2.00 bits per heavy atom. The van der Waals surface area contributed by atoms with Crippen LogP contribution in [0.2, 0.25) is 0 Å². The molecule has 0 aliphatic carbocycles. The molecule has 1 heterocycles. The number of fused-ring (bicyclic) bond motifs is 1. The molecule has 15 heavy (non-hydrogen) atoms. The van der Waals surface area contributed by atoms with Gasteiger partial charge in [0, 0.05) is 11.1 Å². The molecule has 1 nitrogen and oxygen atoms in total. The van der Waals surface area contributed by atoms with Crippen molar-refractivity contribution in [2.75, 3.05) is 0 Å². The zero-order valence-electron chi connectivity index (χ0n) is 9.21. The number of pyridine rings is 1. The van der Waals surface area contributed by atoms with Gasteiger partial charge in [-0.1, -0.05) is 26.0 Å². The Morgan fingerprint density at radius 3 is 2.67 bits per heavy atom. The molecule has 2 rings (SSSR count). The van der Waals surface area contributed by atoms with Gasteiger partial charge >= 0.3 is 0 Å². The summed E-state index contributed by atoms with van der Waals surface area (Å²) >= 11 is 0. The SMILES string of the molecule is Cc1nc2c(F)cccc2cc1C(C)C. The van der Waals surface area contributed by atoms with Crippen LogP contribution in [-0.2, 0) is 0 Å². The predicted octanol–water partition coefficient (Wildman–Crippen LogP) is 3.81. The van der Waals surface area contributed by atoms with Crippen LogP contribution in [0.3, 0.4) is 0 Å². The van der Waals surface area contributed by atoms with Crippen LogP contribution in [-0.4, -0.2) is 4.98 Å². The largest absolute Gasteiger partial charge is 0.250 e. The number of halogens is 1. The molecule has 0 atom stereocenters. The van der Waals surface area contributed by atoms with Gasteiger partial charge in [-0.05, 0) is 30.5 Å². The van der Waals surface area contributed by atoms with E-state index in [1.54, 1.807) is 6.07 Å². The molecule has 0 unspecified atom stereocenters. The summed E-state index contributed by atoms with van der Waals surface area (Å²) in [5.74, 6) is 0.177. The molecule has 1 aromatic carbocycles. The monoisotopic (exact) mass is 203 g/mol. The number of para-hydroxylation sites is 1.